The number of ether oxygens (including phenoxy) is 2. The SMILES string of the molecule is CCNC(=NCc1ncnn1C)NCCc1ccc(OC)c(OC(F)F)c1. The molecule has 1 aromatic heterocycles. The molecule has 0 aliphatic rings. The van der Waals surface area contributed by atoms with Crippen LogP contribution in [0.4, 0.5) is 8.78 Å². The number of hydrogen-bond acceptors (Lipinski definition) is 5. The largest absolute Gasteiger partial charge is 0.493 e. The van der Waals surface area contributed by atoms with Crippen LogP contribution in [0, 0.1) is 0 Å². The second-order valence-corrected chi connectivity index (χ2v) is 5.54. The molecule has 2 N–H and O–H groups in total. The number of methoxy groups -OCH3 is 1. The molecule has 1 heterocycles. The van der Waals surface area contributed by atoms with E-state index in [1.807, 2.05) is 13.0 Å². The minimum Gasteiger partial charge on any atom is -0.493 e. The van der Waals surface area contributed by atoms with Crippen LogP contribution < -0.4 is 20.1 Å². The maximum atomic E-state index is 12.5. The number of nitrogens with zero attached hydrogens (tertiary/aromatic N) is 4. The van der Waals surface area contributed by atoms with Crippen LogP contribution >= 0.6 is 0 Å². The number of guanidine groups is 1. The Hall–Kier alpha value is -2.91. The molecule has 0 spiro atoms. The first kappa shape index (κ1) is 20.4. The van der Waals surface area contributed by atoms with E-state index < -0.39 is 6.61 Å². The molecule has 27 heavy (non-hydrogen) atoms. The van der Waals surface area contributed by atoms with Crippen LogP contribution in [0.25, 0.3) is 0 Å². The summed E-state index contributed by atoms with van der Waals surface area (Å²) in [5.41, 5.74) is 0.836. The lowest BCUT2D eigenvalue weighted by atomic mass is 10.1. The topological polar surface area (TPSA) is 85.6 Å². The Balaban J connectivity index is 1.94. The van der Waals surface area contributed by atoms with Gasteiger partial charge in [0.25, 0.3) is 0 Å². The van der Waals surface area contributed by atoms with E-state index in [1.54, 1.807) is 23.9 Å². The zero-order chi connectivity index (χ0) is 19.6. The van der Waals surface area contributed by atoms with Crippen molar-refractivity contribution in [2.45, 2.75) is 26.5 Å². The highest BCUT2D eigenvalue weighted by atomic mass is 19.3. The molecular weight excluding hydrogens is 358 g/mol. The third-order valence-electron chi connectivity index (χ3n) is 3.68. The van der Waals surface area contributed by atoms with Crippen molar-refractivity contribution in [3.8, 4) is 11.5 Å². The van der Waals surface area contributed by atoms with Gasteiger partial charge < -0.3 is 20.1 Å². The molecule has 0 saturated carbocycles. The Bertz CT molecular complexity index is 751. The van der Waals surface area contributed by atoms with Gasteiger partial charge in [-0.25, -0.2) is 9.98 Å². The number of rotatable bonds is 9. The normalized spacial score (nSPS) is 11.6. The summed E-state index contributed by atoms with van der Waals surface area (Å²) >= 11 is 0. The van der Waals surface area contributed by atoms with E-state index in [-0.39, 0.29) is 11.5 Å². The third kappa shape index (κ3) is 6.39. The molecule has 0 amide bonds. The maximum absolute atomic E-state index is 12.5. The zero-order valence-corrected chi connectivity index (χ0v) is 15.6. The maximum Gasteiger partial charge on any atom is 0.387 e. The van der Waals surface area contributed by atoms with Gasteiger partial charge in [0.2, 0.25) is 0 Å². The van der Waals surface area contributed by atoms with Gasteiger partial charge >= 0.3 is 6.61 Å². The molecule has 148 valence electrons. The molecule has 8 nitrogen and oxygen atoms in total. The second-order valence-electron chi connectivity index (χ2n) is 5.54. The second kappa shape index (κ2) is 10.3. The van der Waals surface area contributed by atoms with Crippen molar-refractivity contribution in [1.29, 1.82) is 0 Å². The van der Waals surface area contributed by atoms with Crippen LogP contribution in [-0.2, 0) is 20.0 Å². The summed E-state index contributed by atoms with van der Waals surface area (Å²) in [4.78, 5) is 8.59. The van der Waals surface area contributed by atoms with Gasteiger partial charge in [0.1, 0.15) is 18.7 Å². The van der Waals surface area contributed by atoms with Gasteiger partial charge in [-0.05, 0) is 31.0 Å². The molecular formula is C17H24F2N6O2. The summed E-state index contributed by atoms with van der Waals surface area (Å²) in [6.07, 6.45) is 2.08. The molecule has 0 saturated heterocycles. The molecule has 0 atom stereocenters. The molecule has 0 unspecified atom stereocenters. The Labute approximate surface area is 156 Å². The monoisotopic (exact) mass is 382 g/mol. The lowest BCUT2D eigenvalue weighted by Crippen LogP contribution is -2.38. The molecule has 0 aliphatic carbocycles. The van der Waals surface area contributed by atoms with E-state index in [1.165, 1.54) is 13.4 Å². The van der Waals surface area contributed by atoms with Crippen molar-refractivity contribution in [3.05, 3.63) is 35.9 Å². The number of nitrogens with one attached hydrogen (secondary N) is 2. The van der Waals surface area contributed by atoms with E-state index in [2.05, 4.69) is 30.4 Å². The number of benzene rings is 1. The van der Waals surface area contributed by atoms with Crippen LogP contribution in [0.5, 0.6) is 11.5 Å². The fourth-order valence-electron chi connectivity index (χ4n) is 2.34. The Morgan fingerprint density at radius 2 is 2.11 bits per heavy atom. The first-order valence-electron chi connectivity index (χ1n) is 8.50. The van der Waals surface area contributed by atoms with Crippen molar-refractivity contribution in [3.63, 3.8) is 0 Å². The van der Waals surface area contributed by atoms with Gasteiger partial charge in [-0.3, -0.25) is 4.68 Å². The first-order chi connectivity index (χ1) is 13.0. The van der Waals surface area contributed by atoms with Crippen molar-refractivity contribution < 1.29 is 18.3 Å². The summed E-state index contributed by atoms with van der Waals surface area (Å²) < 4.78 is 36.2. The minimum absolute atomic E-state index is 0.0212. The average Bonchev–Trinajstić information content (AvgIpc) is 3.04. The highest BCUT2D eigenvalue weighted by Crippen LogP contribution is 2.29. The standard InChI is InChI=1S/C17H24F2N6O2/c1-4-20-17(22-10-15-23-11-24-25(15)2)21-8-7-12-5-6-13(26-3)14(9-12)27-16(18)19/h5-6,9,11,16H,4,7-8,10H2,1-3H3,(H2,20,21,22). The lowest BCUT2D eigenvalue weighted by Gasteiger charge is -2.13. The van der Waals surface area contributed by atoms with Crippen LogP contribution in [0.1, 0.15) is 18.3 Å². The number of halogens is 2. The number of alkyl halides is 2. The fraction of sp³-hybridized carbons (Fsp3) is 0.471. The fourth-order valence-corrected chi connectivity index (χ4v) is 2.34. The van der Waals surface area contributed by atoms with Gasteiger partial charge in [-0.2, -0.15) is 13.9 Å². The van der Waals surface area contributed by atoms with Crippen LogP contribution in [0.3, 0.4) is 0 Å². The smallest absolute Gasteiger partial charge is 0.387 e. The summed E-state index contributed by atoms with van der Waals surface area (Å²) in [5.74, 6) is 1.67. The van der Waals surface area contributed by atoms with Gasteiger partial charge in [0.05, 0.1) is 7.11 Å². The van der Waals surface area contributed by atoms with E-state index >= 15 is 0 Å². The molecule has 0 radical (unpaired) electrons. The molecule has 2 rings (SSSR count). The number of aliphatic imine (C=N–C) groups is 1. The highest BCUT2D eigenvalue weighted by molar-refractivity contribution is 5.79. The van der Waals surface area contributed by atoms with E-state index in [4.69, 9.17) is 4.74 Å². The number of aryl methyl sites for hydroxylation is 1. The van der Waals surface area contributed by atoms with Crippen LogP contribution in [-0.4, -0.2) is 47.5 Å². The van der Waals surface area contributed by atoms with Gasteiger partial charge in [-0.1, -0.05) is 6.07 Å². The number of hydrogen-bond donors (Lipinski definition) is 2. The predicted molar refractivity (Wildman–Crippen MR) is 97.2 cm³/mol. The van der Waals surface area contributed by atoms with Crippen molar-refractivity contribution in [1.82, 2.24) is 25.4 Å². The average molecular weight is 382 g/mol. The predicted octanol–water partition coefficient (Wildman–Crippen LogP) is 1.72. The first-order valence-corrected chi connectivity index (χ1v) is 8.50. The van der Waals surface area contributed by atoms with E-state index in [0.717, 1.165) is 11.4 Å². The summed E-state index contributed by atoms with van der Waals surface area (Å²) in [5, 5.41) is 10.4. The van der Waals surface area contributed by atoms with Gasteiger partial charge in [0, 0.05) is 20.1 Å². The minimum atomic E-state index is -2.90. The molecule has 10 heteroatoms. The molecule has 1 aromatic carbocycles. The van der Waals surface area contributed by atoms with Gasteiger partial charge in [-0.15, -0.1) is 0 Å². The number of aromatic nitrogens is 3. The highest BCUT2D eigenvalue weighted by Gasteiger charge is 2.11. The Kier molecular flexibility index (Phi) is 7.78. The molecule has 0 aliphatic heterocycles. The van der Waals surface area contributed by atoms with Gasteiger partial charge in [0.15, 0.2) is 17.5 Å². The molecule has 0 bridgehead atoms. The zero-order valence-electron chi connectivity index (χ0n) is 15.6. The Morgan fingerprint density at radius 1 is 1.30 bits per heavy atom. The Morgan fingerprint density at radius 3 is 2.74 bits per heavy atom. The van der Waals surface area contributed by atoms with Crippen molar-refractivity contribution in [2.75, 3.05) is 20.2 Å². The summed E-state index contributed by atoms with van der Waals surface area (Å²) in [7, 11) is 3.21. The molecule has 2 aromatic rings. The quantitative estimate of drug-likeness (QED) is 0.507. The van der Waals surface area contributed by atoms with Crippen LogP contribution in [0.2, 0.25) is 0 Å². The summed E-state index contributed by atoms with van der Waals surface area (Å²) in [6, 6.07) is 4.97. The van der Waals surface area contributed by atoms with E-state index in [9.17, 15) is 8.78 Å². The molecule has 0 fully saturated rings. The summed E-state index contributed by atoms with van der Waals surface area (Å²) in [6.45, 7) is 0.725. The van der Waals surface area contributed by atoms with E-state index in [0.29, 0.717) is 32.0 Å². The lowest BCUT2D eigenvalue weighted by molar-refractivity contribution is -0.0512. The van der Waals surface area contributed by atoms with Crippen molar-refractivity contribution >= 4 is 5.96 Å². The van der Waals surface area contributed by atoms with Crippen LogP contribution in [0.15, 0.2) is 29.5 Å². The third-order valence-corrected chi connectivity index (χ3v) is 3.68. The van der Waals surface area contributed by atoms with Crippen molar-refractivity contribution in [2.24, 2.45) is 12.0 Å².